The van der Waals surface area contributed by atoms with Crippen molar-refractivity contribution in [2.75, 3.05) is 6.61 Å². The number of hydrogen-bond acceptors (Lipinski definition) is 3. The van der Waals surface area contributed by atoms with Gasteiger partial charge in [-0.1, -0.05) is 42.1 Å². The first-order valence-electron chi connectivity index (χ1n) is 5.96. The van der Waals surface area contributed by atoms with E-state index in [1.54, 1.807) is 11.8 Å². The molecule has 18 heavy (non-hydrogen) atoms. The molecule has 0 radical (unpaired) electrons. The average molecular weight is 259 g/mol. The minimum absolute atomic E-state index is 0.0283. The van der Waals surface area contributed by atoms with Crippen molar-refractivity contribution in [3.05, 3.63) is 60.2 Å². The van der Waals surface area contributed by atoms with Crippen LogP contribution in [0.4, 0.5) is 0 Å². The SMILES string of the molecule is NC(CO)Cc1ccc(Sc2ccccc2)cc1. The second-order valence-electron chi connectivity index (χ2n) is 4.21. The molecule has 94 valence electrons. The molecule has 0 spiro atoms. The molecule has 3 heteroatoms. The van der Waals surface area contributed by atoms with Gasteiger partial charge in [0.1, 0.15) is 0 Å². The van der Waals surface area contributed by atoms with Gasteiger partial charge in [-0.3, -0.25) is 0 Å². The van der Waals surface area contributed by atoms with Crippen molar-refractivity contribution < 1.29 is 5.11 Å². The van der Waals surface area contributed by atoms with Crippen LogP contribution < -0.4 is 5.73 Å². The van der Waals surface area contributed by atoms with Crippen LogP contribution in [0.3, 0.4) is 0 Å². The van der Waals surface area contributed by atoms with Crippen molar-refractivity contribution in [2.24, 2.45) is 5.73 Å². The maximum atomic E-state index is 8.92. The first-order valence-corrected chi connectivity index (χ1v) is 6.78. The van der Waals surface area contributed by atoms with Gasteiger partial charge < -0.3 is 10.8 Å². The second-order valence-corrected chi connectivity index (χ2v) is 5.35. The molecule has 0 aliphatic heterocycles. The van der Waals surface area contributed by atoms with Crippen LogP contribution in [0.25, 0.3) is 0 Å². The monoisotopic (exact) mass is 259 g/mol. The molecule has 0 aliphatic rings. The summed E-state index contributed by atoms with van der Waals surface area (Å²) in [5.41, 5.74) is 6.87. The van der Waals surface area contributed by atoms with Crippen LogP contribution in [0.2, 0.25) is 0 Å². The zero-order valence-corrected chi connectivity index (χ0v) is 10.9. The molecule has 0 bridgehead atoms. The topological polar surface area (TPSA) is 46.2 Å². The standard InChI is InChI=1S/C15H17NOS/c16-13(11-17)10-12-6-8-15(9-7-12)18-14-4-2-1-3-5-14/h1-9,13,17H,10-11,16H2. The molecule has 1 atom stereocenters. The van der Waals surface area contributed by atoms with E-state index in [4.69, 9.17) is 10.8 Å². The van der Waals surface area contributed by atoms with E-state index in [1.165, 1.54) is 9.79 Å². The molecule has 2 nitrogen and oxygen atoms in total. The van der Waals surface area contributed by atoms with Crippen LogP contribution in [-0.2, 0) is 6.42 Å². The van der Waals surface area contributed by atoms with E-state index in [9.17, 15) is 0 Å². The van der Waals surface area contributed by atoms with Gasteiger partial charge in [-0.25, -0.2) is 0 Å². The number of aliphatic hydroxyl groups excluding tert-OH is 1. The van der Waals surface area contributed by atoms with E-state index >= 15 is 0 Å². The molecular weight excluding hydrogens is 242 g/mol. The smallest absolute Gasteiger partial charge is 0.0585 e. The van der Waals surface area contributed by atoms with Crippen LogP contribution in [0.1, 0.15) is 5.56 Å². The molecule has 3 N–H and O–H groups in total. The Bertz CT molecular complexity index is 470. The van der Waals surface area contributed by atoms with Crippen molar-refractivity contribution in [3.8, 4) is 0 Å². The van der Waals surface area contributed by atoms with Crippen molar-refractivity contribution >= 4 is 11.8 Å². The summed E-state index contributed by atoms with van der Waals surface area (Å²) in [5.74, 6) is 0. The Hall–Kier alpha value is -1.29. The lowest BCUT2D eigenvalue weighted by Crippen LogP contribution is -2.26. The zero-order valence-electron chi connectivity index (χ0n) is 10.1. The van der Waals surface area contributed by atoms with Crippen LogP contribution >= 0.6 is 11.8 Å². The van der Waals surface area contributed by atoms with E-state index in [0.717, 1.165) is 5.56 Å². The summed E-state index contributed by atoms with van der Waals surface area (Å²) in [4.78, 5) is 2.44. The molecule has 0 fully saturated rings. The molecular formula is C15H17NOS. The Morgan fingerprint density at radius 2 is 1.56 bits per heavy atom. The van der Waals surface area contributed by atoms with Crippen molar-refractivity contribution in [1.29, 1.82) is 0 Å². The molecule has 0 aromatic heterocycles. The molecule has 2 aromatic carbocycles. The van der Waals surface area contributed by atoms with E-state index < -0.39 is 0 Å². The van der Waals surface area contributed by atoms with Gasteiger partial charge in [0.05, 0.1) is 6.61 Å². The summed E-state index contributed by atoms with van der Waals surface area (Å²) in [6.07, 6.45) is 0.715. The molecule has 2 rings (SSSR count). The molecule has 0 amide bonds. The number of aliphatic hydroxyl groups is 1. The third kappa shape index (κ3) is 3.88. The lowest BCUT2D eigenvalue weighted by molar-refractivity contribution is 0.265. The minimum Gasteiger partial charge on any atom is -0.395 e. The van der Waals surface area contributed by atoms with Crippen LogP contribution in [-0.4, -0.2) is 17.8 Å². The molecule has 0 saturated heterocycles. The number of hydrogen-bond donors (Lipinski definition) is 2. The summed E-state index contributed by atoms with van der Waals surface area (Å²) in [6.45, 7) is 0.0283. The largest absolute Gasteiger partial charge is 0.395 e. The molecule has 0 heterocycles. The first-order chi connectivity index (χ1) is 8.78. The molecule has 0 saturated carbocycles. The van der Waals surface area contributed by atoms with Gasteiger partial charge >= 0.3 is 0 Å². The zero-order chi connectivity index (χ0) is 12.8. The lowest BCUT2D eigenvalue weighted by Gasteiger charge is -2.08. The third-order valence-electron chi connectivity index (χ3n) is 2.63. The lowest BCUT2D eigenvalue weighted by atomic mass is 10.1. The fourth-order valence-electron chi connectivity index (χ4n) is 1.69. The Morgan fingerprint density at radius 3 is 2.17 bits per heavy atom. The van der Waals surface area contributed by atoms with E-state index in [-0.39, 0.29) is 12.6 Å². The number of benzene rings is 2. The highest BCUT2D eigenvalue weighted by molar-refractivity contribution is 7.99. The Labute approximate surface area is 112 Å². The Morgan fingerprint density at radius 1 is 0.944 bits per heavy atom. The second kappa shape index (κ2) is 6.59. The fourth-order valence-corrected chi connectivity index (χ4v) is 2.52. The van der Waals surface area contributed by atoms with Gasteiger partial charge in [-0.05, 0) is 36.2 Å². The van der Waals surface area contributed by atoms with Crippen molar-refractivity contribution in [1.82, 2.24) is 0 Å². The Kier molecular flexibility index (Phi) is 4.81. The summed E-state index contributed by atoms with van der Waals surface area (Å²) >= 11 is 1.74. The highest BCUT2D eigenvalue weighted by Gasteiger charge is 2.02. The predicted molar refractivity (Wildman–Crippen MR) is 75.8 cm³/mol. The normalized spacial score (nSPS) is 12.3. The van der Waals surface area contributed by atoms with Gasteiger partial charge in [0, 0.05) is 15.8 Å². The summed E-state index contributed by atoms with van der Waals surface area (Å²) in [7, 11) is 0. The van der Waals surface area contributed by atoms with Gasteiger partial charge in [0.15, 0.2) is 0 Å². The summed E-state index contributed by atoms with van der Waals surface area (Å²) in [6, 6.07) is 18.4. The number of nitrogens with two attached hydrogens (primary N) is 1. The highest BCUT2D eigenvalue weighted by Crippen LogP contribution is 2.27. The van der Waals surface area contributed by atoms with Gasteiger partial charge in [0.2, 0.25) is 0 Å². The van der Waals surface area contributed by atoms with Gasteiger partial charge in [0.25, 0.3) is 0 Å². The first kappa shape index (κ1) is 13.1. The summed E-state index contributed by atoms with van der Waals surface area (Å²) < 4.78 is 0. The Balaban J connectivity index is 2.00. The van der Waals surface area contributed by atoms with E-state index in [2.05, 4.69) is 36.4 Å². The average Bonchev–Trinajstić information content (AvgIpc) is 2.42. The van der Waals surface area contributed by atoms with Crippen molar-refractivity contribution in [3.63, 3.8) is 0 Å². The van der Waals surface area contributed by atoms with Gasteiger partial charge in [-0.15, -0.1) is 0 Å². The minimum atomic E-state index is -0.169. The van der Waals surface area contributed by atoms with Crippen LogP contribution in [0.5, 0.6) is 0 Å². The summed E-state index contributed by atoms with van der Waals surface area (Å²) in [5, 5.41) is 8.92. The predicted octanol–water partition coefficient (Wildman–Crippen LogP) is 2.70. The van der Waals surface area contributed by atoms with Crippen molar-refractivity contribution in [2.45, 2.75) is 22.3 Å². The van der Waals surface area contributed by atoms with E-state index in [0.29, 0.717) is 6.42 Å². The molecule has 2 aromatic rings. The molecule has 1 unspecified atom stereocenters. The molecule has 0 aliphatic carbocycles. The third-order valence-corrected chi connectivity index (χ3v) is 3.65. The highest BCUT2D eigenvalue weighted by atomic mass is 32.2. The number of rotatable bonds is 5. The van der Waals surface area contributed by atoms with E-state index in [1.807, 2.05) is 18.2 Å². The maximum Gasteiger partial charge on any atom is 0.0585 e. The fraction of sp³-hybridized carbons (Fsp3) is 0.200. The van der Waals surface area contributed by atoms with Gasteiger partial charge in [-0.2, -0.15) is 0 Å². The van der Waals surface area contributed by atoms with Crippen LogP contribution in [0, 0.1) is 0 Å². The quantitative estimate of drug-likeness (QED) is 0.868. The van der Waals surface area contributed by atoms with Crippen LogP contribution in [0.15, 0.2) is 64.4 Å². The maximum absolute atomic E-state index is 8.92.